The van der Waals surface area contributed by atoms with Crippen molar-refractivity contribution in [1.29, 1.82) is 0 Å². The van der Waals surface area contributed by atoms with Crippen molar-refractivity contribution in [2.75, 3.05) is 20.9 Å². The number of amides is 3. The number of aromatic nitrogens is 2. The molecule has 33 heavy (non-hydrogen) atoms. The number of nitrogens with one attached hydrogen (secondary N) is 4. The van der Waals surface area contributed by atoms with Gasteiger partial charge in [-0.05, 0) is 57.4 Å². The lowest BCUT2D eigenvalue weighted by Crippen LogP contribution is -2.46. The van der Waals surface area contributed by atoms with E-state index in [1.54, 1.807) is 24.3 Å². The molecule has 1 saturated heterocycles. The van der Waals surface area contributed by atoms with Gasteiger partial charge in [-0.3, -0.25) is 24.2 Å². The van der Waals surface area contributed by atoms with Crippen LogP contribution in [0.4, 0.5) is 23.1 Å². The molecule has 2 aromatic rings. The smallest absolute Gasteiger partial charge is 0.258 e. The summed E-state index contributed by atoms with van der Waals surface area (Å²) >= 11 is 0. The molecule has 0 aliphatic carbocycles. The second-order valence-electron chi connectivity index (χ2n) is 8.74. The molecule has 3 heterocycles. The molecule has 2 aliphatic heterocycles. The highest BCUT2D eigenvalue weighted by Crippen LogP contribution is 2.32. The summed E-state index contributed by atoms with van der Waals surface area (Å²) < 4.78 is 0. The van der Waals surface area contributed by atoms with Gasteiger partial charge < -0.3 is 20.9 Å². The lowest BCUT2D eigenvalue weighted by molar-refractivity contribution is -0.123. The van der Waals surface area contributed by atoms with E-state index in [-0.39, 0.29) is 41.7 Å². The van der Waals surface area contributed by atoms with Gasteiger partial charge in [0.1, 0.15) is 5.82 Å². The van der Waals surface area contributed by atoms with Crippen LogP contribution < -0.4 is 26.4 Å². The number of piperidine rings is 1. The molecule has 1 aromatic carbocycles. The van der Waals surface area contributed by atoms with Crippen LogP contribution in [0, 0.1) is 0 Å². The molecule has 4 N–H and O–H groups in total. The van der Waals surface area contributed by atoms with Gasteiger partial charge in [0, 0.05) is 36.8 Å². The Morgan fingerprint density at radius 2 is 1.64 bits per heavy atom. The molecule has 0 spiro atoms. The quantitative estimate of drug-likeness (QED) is 0.563. The minimum absolute atomic E-state index is 0.135. The van der Waals surface area contributed by atoms with Crippen LogP contribution in [0.1, 0.15) is 57.9 Å². The molecular formula is C23H28N6O4. The molecule has 2 aliphatic rings. The van der Waals surface area contributed by atoms with E-state index in [0.29, 0.717) is 17.3 Å². The summed E-state index contributed by atoms with van der Waals surface area (Å²) in [4.78, 5) is 59.1. The lowest BCUT2D eigenvalue weighted by Gasteiger charge is -2.39. The number of nitrogens with zero attached hydrogens (tertiary/aromatic N) is 2. The fraction of sp³-hybridized carbons (Fsp3) is 0.435. The zero-order chi connectivity index (χ0) is 23.7. The van der Waals surface area contributed by atoms with Crippen LogP contribution in [-0.4, -0.2) is 39.8 Å². The van der Waals surface area contributed by atoms with E-state index in [4.69, 9.17) is 0 Å². The van der Waals surface area contributed by atoms with E-state index >= 15 is 0 Å². The predicted molar refractivity (Wildman–Crippen MR) is 125 cm³/mol. The number of hydrogen-bond acceptors (Lipinski definition) is 6. The maximum absolute atomic E-state index is 13.1. The second kappa shape index (κ2) is 9.05. The number of benzene rings is 1. The van der Waals surface area contributed by atoms with Crippen molar-refractivity contribution in [3.8, 4) is 0 Å². The number of hydrogen-bond donors (Lipinski definition) is 4. The van der Waals surface area contributed by atoms with Crippen LogP contribution in [0.5, 0.6) is 0 Å². The summed E-state index contributed by atoms with van der Waals surface area (Å²) in [6, 6.07) is 6.98. The van der Waals surface area contributed by atoms with Gasteiger partial charge in [-0.25, -0.2) is 0 Å². The molecule has 1 fully saturated rings. The van der Waals surface area contributed by atoms with Gasteiger partial charge in [0.2, 0.25) is 23.7 Å². The Kier molecular flexibility index (Phi) is 6.17. The van der Waals surface area contributed by atoms with Crippen molar-refractivity contribution < 1.29 is 14.4 Å². The summed E-state index contributed by atoms with van der Waals surface area (Å²) in [5.74, 6) is -1.46. The number of aromatic amines is 1. The molecule has 1 aromatic heterocycles. The second-order valence-corrected chi connectivity index (χ2v) is 8.74. The first kappa shape index (κ1) is 22.5. The first-order chi connectivity index (χ1) is 15.7. The first-order valence-corrected chi connectivity index (χ1v) is 11.1. The molecule has 10 heteroatoms. The third-order valence-electron chi connectivity index (χ3n) is 6.17. The zero-order valence-corrected chi connectivity index (χ0v) is 18.9. The summed E-state index contributed by atoms with van der Waals surface area (Å²) in [5.41, 5.74) is 0.806. The average molecular weight is 453 g/mol. The highest BCUT2D eigenvalue weighted by molar-refractivity contribution is 6.04. The predicted octanol–water partition coefficient (Wildman–Crippen LogP) is 2.56. The monoisotopic (exact) mass is 452 g/mol. The maximum atomic E-state index is 13.1. The molecule has 10 nitrogen and oxygen atoms in total. The van der Waals surface area contributed by atoms with Gasteiger partial charge in [-0.2, -0.15) is 4.98 Å². The molecule has 174 valence electrons. The van der Waals surface area contributed by atoms with Crippen molar-refractivity contribution in [3.63, 3.8) is 0 Å². The molecular weight excluding hydrogens is 424 g/mol. The maximum Gasteiger partial charge on any atom is 0.258 e. The van der Waals surface area contributed by atoms with E-state index in [1.165, 1.54) is 6.92 Å². The van der Waals surface area contributed by atoms with Crippen molar-refractivity contribution in [3.05, 3.63) is 40.2 Å². The summed E-state index contributed by atoms with van der Waals surface area (Å²) in [5, 5.41) is 8.07. The molecule has 0 radical (unpaired) electrons. The number of carbonyl (C=O) groups excluding carboxylic acids is 3. The van der Waals surface area contributed by atoms with Crippen LogP contribution >= 0.6 is 0 Å². The Balaban J connectivity index is 1.60. The number of anilines is 4. The van der Waals surface area contributed by atoms with E-state index in [9.17, 15) is 19.2 Å². The zero-order valence-electron chi connectivity index (χ0n) is 18.9. The Morgan fingerprint density at radius 3 is 2.24 bits per heavy atom. The van der Waals surface area contributed by atoms with Crippen LogP contribution in [0.3, 0.4) is 0 Å². The van der Waals surface area contributed by atoms with E-state index in [2.05, 4.69) is 44.7 Å². The van der Waals surface area contributed by atoms with E-state index < -0.39 is 17.4 Å². The summed E-state index contributed by atoms with van der Waals surface area (Å²) in [6.45, 7) is 5.58. The van der Waals surface area contributed by atoms with E-state index in [0.717, 1.165) is 19.3 Å². The van der Waals surface area contributed by atoms with Gasteiger partial charge in [0.25, 0.3) is 5.56 Å². The van der Waals surface area contributed by atoms with Gasteiger partial charge in [0.05, 0.1) is 11.5 Å². The molecule has 0 bridgehead atoms. The minimum Gasteiger partial charge on any atom is -0.337 e. The third-order valence-corrected chi connectivity index (χ3v) is 6.17. The fourth-order valence-electron chi connectivity index (χ4n) is 4.61. The van der Waals surface area contributed by atoms with Crippen molar-refractivity contribution >= 4 is 40.9 Å². The van der Waals surface area contributed by atoms with Gasteiger partial charge in [0.15, 0.2) is 0 Å². The van der Waals surface area contributed by atoms with Gasteiger partial charge >= 0.3 is 0 Å². The summed E-state index contributed by atoms with van der Waals surface area (Å²) in [6.07, 6.45) is 2.94. The molecule has 4 rings (SSSR count). The SMILES string of the molecule is CC(=O)Nc1ccc(NC(=O)[C@@H]2CC(=O)Nc3nc(N4[C@H](C)CCC[C@H]4C)[nH]c(=O)c32)cc1. The normalized spacial score (nSPS) is 22.2. The number of rotatable bonds is 4. The van der Waals surface area contributed by atoms with Gasteiger partial charge in [-0.15, -0.1) is 0 Å². The Bertz CT molecular complexity index is 1130. The third kappa shape index (κ3) is 4.74. The Labute approximate surface area is 191 Å². The number of fused-ring (bicyclic) bond motifs is 1. The summed E-state index contributed by atoms with van der Waals surface area (Å²) in [7, 11) is 0. The van der Waals surface area contributed by atoms with Crippen molar-refractivity contribution in [2.45, 2.75) is 64.5 Å². The molecule has 3 atom stereocenters. The average Bonchev–Trinajstić information content (AvgIpc) is 2.73. The highest BCUT2D eigenvalue weighted by atomic mass is 16.2. The number of carbonyl (C=O) groups is 3. The Hall–Kier alpha value is -3.69. The highest BCUT2D eigenvalue weighted by Gasteiger charge is 2.36. The van der Waals surface area contributed by atoms with Crippen LogP contribution in [0.25, 0.3) is 0 Å². The van der Waals surface area contributed by atoms with Crippen LogP contribution in [0.2, 0.25) is 0 Å². The molecule has 0 unspecified atom stereocenters. The number of H-pyrrole nitrogens is 1. The van der Waals surface area contributed by atoms with Crippen LogP contribution in [0.15, 0.2) is 29.1 Å². The lowest BCUT2D eigenvalue weighted by atomic mass is 9.92. The Morgan fingerprint density at radius 1 is 1.03 bits per heavy atom. The van der Waals surface area contributed by atoms with Crippen LogP contribution in [-0.2, 0) is 14.4 Å². The van der Waals surface area contributed by atoms with Crippen molar-refractivity contribution in [2.24, 2.45) is 0 Å². The fourth-order valence-corrected chi connectivity index (χ4v) is 4.61. The topological polar surface area (TPSA) is 136 Å². The minimum atomic E-state index is -0.967. The van der Waals surface area contributed by atoms with Crippen molar-refractivity contribution in [1.82, 2.24) is 9.97 Å². The van der Waals surface area contributed by atoms with Gasteiger partial charge in [-0.1, -0.05) is 0 Å². The largest absolute Gasteiger partial charge is 0.337 e. The molecule has 0 saturated carbocycles. The molecule has 3 amide bonds. The van der Waals surface area contributed by atoms with E-state index in [1.807, 2.05) is 0 Å². The standard InChI is InChI=1S/C23H28N6O4/c1-12-5-4-6-13(2)29(12)23-27-20-19(22(33)28-23)17(11-18(31)26-20)21(32)25-16-9-7-15(8-10-16)24-14(3)30/h7-10,12-13,17H,4-6,11H2,1-3H3,(H,24,30)(H,25,32)(H2,26,27,28,31,33)/t12-,13-,17-/m1/s1. The first-order valence-electron chi connectivity index (χ1n) is 11.1.